The molecular formula is C8H16O3S. The fraction of sp³-hybridized carbons (Fsp3) is 0.875. The van der Waals surface area contributed by atoms with Gasteiger partial charge in [-0.1, -0.05) is 6.42 Å². The zero-order chi connectivity index (χ0) is 9.23. The number of aliphatic hydroxyl groups is 1. The van der Waals surface area contributed by atoms with Gasteiger partial charge in [0.25, 0.3) is 0 Å². The fourth-order valence-corrected chi connectivity index (χ4v) is 0.890. The van der Waals surface area contributed by atoms with Gasteiger partial charge in [-0.05, 0) is 19.3 Å². The lowest BCUT2D eigenvalue weighted by atomic mass is 10.2. The summed E-state index contributed by atoms with van der Waals surface area (Å²) in [5.41, 5.74) is 0. The van der Waals surface area contributed by atoms with Gasteiger partial charge >= 0.3 is 5.97 Å². The first-order valence-corrected chi connectivity index (χ1v) is 4.82. The molecule has 0 saturated heterocycles. The number of ether oxygens (including phenoxy) is 1. The second-order valence-electron chi connectivity index (χ2n) is 2.52. The predicted octanol–water partition coefficient (Wildman–Crippen LogP) is 1.01. The maximum absolute atomic E-state index is 10.6. The number of hydrogen-bond donors (Lipinski definition) is 2. The summed E-state index contributed by atoms with van der Waals surface area (Å²) >= 11 is 3.77. The maximum Gasteiger partial charge on any atom is 0.315 e. The summed E-state index contributed by atoms with van der Waals surface area (Å²) in [4.78, 5) is 10.6. The van der Waals surface area contributed by atoms with Crippen molar-refractivity contribution in [3.63, 3.8) is 0 Å². The highest BCUT2D eigenvalue weighted by molar-refractivity contribution is 7.81. The second kappa shape index (κ2) is 8.87. The zero-order valence-electron chi connectivity index (χ0n) is 7.16. The number of carbonyl (C=O) groups is 1. The minimum Gasteiger partial charge on any atom is -0.465 e. The van der Waals surface area contributed by atoms with Crippen LogP contribution in [0.4, 0.5) is 0 Å². The van der Waals surface area contributed by atoms with Gasteiger partial charge in [0, 0.05) is 6.61 Å². The van der Waals surface area contributed by atoms with E-state index in [2.05, 4.69) is 12.6 Å². The Balaban J connectivity index is 2.95. The van der Waals surface area contributed by atoms with Gasteiger partial charge in [0.1, 0.15) is 0 Å². The number of hydrogen-bond acceptors (Lipinski definition) is 4. The molecule has 0 heterocycles. The van der Waals surface area contributed by atoms with Crippen LogP contribution in [0.15, 0.2) is 0 Å². The van der Waals surface area contributed by atoms with Crippen molar-refractivity contribution in [1.29, 1.82) is 0 Å². The van der Waals surface area contributed by atoms with Crippen LogP contribution in [0.2, 0.25) is 0 Å². The largest absolute Gasteiger partial charge is 0.465 e. The molecule has 1 N–H and O–H groups in total. The van der Waals surface area contributed by atoms with Crippen molar-refractivity contribution >= 4 is 18.6 Å². The molecule has 0 fully saturated rings. The van der Waals surface area contributed by atoms with Crippen molar-refractivity contribution in [2.24, 2.45) is 0 Å². The van der Waals surface area contributed by atoms with Crippen LogP contribution < -0.4 is 0 Å². The Bertz CT molecular complexity index is 117. The van der Waals surface area contributed by atoms with E-state index in [1.807, 2.05) is 0 Å². The highest BCUT2D eigenvalue weighted by atomic mass is 32.1. The third-order valence-electron chi connectivity index (χ3n) is 1.44. The molecule has 0 aromatic carbocycles. The van der Waals surface area contributed by atoms with E-state index in [0.29, 0.717) is 6.61 Å². The van der Waals surface area contributed by atoms with E-state index in [-0.39, 0.29) is 18.3 Å². The third-order valence-corrected chi connectivity index (χ3v) is 1.70. The third kappa shape index (κ3) is 7.88. The average Bonchev–Trinajstić information content (AvgIpc) is 2.10. The van der Waals surface area contributed by atoms with E-state index < -0.39 is 0 Å². The van der Waals surface area contributed by atoms with Crippen LogP contribution in [0.1, 0.15) is 25.7 Å². The summed E-state index contributed by atoms with van der Waals surface area (Å²) in [6.07, 6.45) is 3.70. The number of carbonyl (C=O) groups excluding carboxylic acids is 1. The highest BCUT2D eigenvalue weighted by Gasteiger charge is 1.97. The number of unbranched alkanes of at least 4 members (excludes halogenated alkanes) is 3. The van der Waals surface area contributed by atoms with Crippen LogP contribution in [-0.2, 0) is 9.53 Å². The first kappa shape index (κ1) is 11.8. The quantitative estimate of drug-likeness (QED) is 0.359. The molecule has 0 radical (unpaired) electrons. The van der Waals surface area contributed by atoms with Gasteiger partial charge in [-0.3, -0.25) is 4.79 Å². The molecule has 12 heavy (non-hydrogen) atoms. The van der Waals surface area contributed by atoms with Gasteiger partial charge in [0.2, 0.25) is 0 Å². The number of thiol groups is 1. The molecule has 0 saturated carbocycles. The van der Waals surface area contributed by atoms with Gasteiger partial charge in [0.15, 0.2) is 0 Å². The molecule has 0 aliphatic carbocycles. The predicted molar refractivity (Wildman–Crippen MR) is 50.4 cm³/mol. The fourth-order valence-electron chi connectivity index (χ4n) is 0.799. The van der Waals surface area contributed by atoms with Gasteiger partial charge < -0.3 is 9.84 Å². The molecule has 72 valence electrons. The Kier molecular flexibility index (Phi) is 8.71. The van der Waals surface area contributed by atoms with Crippen LogP contribution in [0, 0.1) is 0 Å². The minimum absolute atomic E-state index is 0.149. The molecule has 4 heteroatoms. The smallest absolute Gasteiger partial charge is 0.315 e. The van der Waals surface area contributed by atoms with Crippen molar-refractivity contribution in [2.75, 3.05) is 19.0 Å². The standard InChI is InChI=1S/C8H16O3S/c9-5-3-1-2-4-6-11-8(10)7-12/h9,12H,1-7H2. The molecule has 0 aliphatic rings. The Morgan fingerprint density at radius 1 is 1.25 bits per heavy atom. The van der Waals surface area contributed by atoms with Gasteiger partial charge in [-0.2, -0.15) is 12.6 Å². The SMILES string of the molecule is O=C(CS)OCCCCCCO. The molecule has 0 amide bonds. The average molecular weight is 192 g/mol. The van der Waals surface area contributed by atoms with Gasteiger partial charge in [-0.15, -0.1) is 0 Å². The van der Waals surface area contributed by atoms with E-state index in [1.54, 1.807) is 0 Å². The topological polar surface area (TPSA) is 46.5 Å². The van der Waals surface area contributed by atoms with Crippen LogP contribution >= 0.6 is 12.6 Å². The molecule has 3 nitrogen and oxygen atoms in total. The normalized spacial score (nSPS) is 9.83. The van der Waals surface area contributed by atoms with E-state index in [1.165, 1.54) is 0 Å². The van der Waals surface area contributed by atoms with Crippen LogP contribution in [-0.4, -0.2) is 30.0 Å². The van der Waals surface area contributed by atoms with Crippen LogP contribution in [0.3, 0.4) is 0 Å². The lowest BCUT2D eigenvalue weighted by Gasteiger charge is -2.01. The summed E-state index contributed by atoms with van der Waals surface area (Å²) in [5.74, 6) is -0.114. The maximum atomic E-state index is 10.6. The van der Waals surface area contributed by atoms with Crippen LogP contribution in [0.25, 0.3) is 0 Å². The van der Waals surface area contributed by atoms with Crippen molar-refractivity contribution in [3.8, 4) is 0 Å². The van der Waals surface area contributed by atoms with Gasteiger partial charge in [-0.25, -0.2) is 0 Å². The first-order valence-electron chi connectivity index (χ1n) is 4.18. The number of aliphatic hydroxyl groups excluding tert-OH is 1. The van der Waals surface area contributed by atoms with E-state index >= 15 is 0 Å². The second-order valence-corrected chi connectivity index (χ2v) is 2.83. The molecule has 0 rings (SSSR count). The lowest BCUT2D eigenvalue weighted by molar-refractivity contribution is -0.140. The summed E-state index contributed by atoms with van der Waals surface area (Å²) in [5, 5.41) is 8.45. The monoisotopic (exact) mass is 192 g/mol. The molecule has 0 bridgehead atoms. The summed E-state index contributed by atoms with van der Waals surface area (Å²) < 4.78 is 4.79. The molecule has 0 aromatic rings. The van der Waals surface area contributed by atoms with Gasteiger partial charge in [0.05, 0.1) is 12.4 Å². The molecular weight excluding hydrogens is 176 g/mol. The zero-order valence-corrected chi connectivity index (χ0v) is 8.06. The Labute approximate surface area is 78.5 Å². The molecule has 0 spiro atoms. The highest BCUT2D eigenvalue weighted by Crippen LogP contribution is 1.99. The minimum atomic E-state index is -0.263. The van der Waals surface area contributed by atoms with E-state index in [9.17, 15) is 4.79 Å². The summed E-state index contributed by atoms with van der Waals surface area (Å²) in [6, 6.07) is 0. The van der Waals surface area contributed by atoms with Crippen molar-refractivity contribution in [1.82, 2.24) is 0 Å². The van der Waals surface area contributed by atoms with Crippen molar-refractivity contribution < 1.29 is 14.6 Å². The molecule has 0 atom stereocenters. The lowest BCUT2D eigenvalue weighted by Crippen LogP contribution is -2.06. The molecule has 0 aromatic heterocycles. The molecule has 0 aliphatic heterocycles. The number of esters is 1. The van der Waals surface area contributed by atoms with Crippen LogP contribution in [0.5, 0.6) is 0 Å². The Hall–Kier alpha value is -0.220. The summed E-state index contributed by atoms with van der Waals surface area (Å²) in [6.45, 7) is 0.723. The molecule has 0 unspecified atom stereocenters. The Morgan fingerprint density at radius 2 is 1.92 bits per heavy atom. The van der Waals surface area contributed by atoms with E-state index in [4.69, 9.17) is 9.84 Å². The summed E-state index contributed by atoms with van der Waals surface area (Å²) in [7, 11) is 0. The number of rotatable bonds is 7. The van der Waals surface area contributed by atoms with Crippen molar-refractivity contribution in [3.05, 3.63) is 0 Å². The van der Waals surface area contributed by atoms with E-state index in [0.717, 1.165) is 25.7 Å². The first-order chi connectivity index (χ1) is 5.81. The van der Waals surface area contributed by atoms with Crippen molar-refractivity contribution in [2.45, 2.75) is 25.7 Å². The Morgan fingerprint density at radius 3 is 2.50 bits per heavy atom.